The molecule has 1 N–H and O–H groups in total. The van der Waals surface area contributed by atoms with Gasteiger partial charge in [-0.1, -0.05) is 0 Å². The van der Waals surface area contributed by atoms with Crippen LogP contribution in [0, 0.1) is 0 Å². The molecule has 7 heteroatoms. The fourth-order valence-electron chi connectivity index (χ4n) is 2.16. The normalized spacial score (nSPS) is 18.0. The van der Waals surface area contributed by atoms with Crippen LogP contribution in [0.1, 0.15) is 18.4 Å². The molecule has 0 amide bonds. The van der Waals surface area contributed by atoms with Crippen LogP contribution in [-0.4, -0.2) is 49.5 Å². The lowest BCUT2D eigenvalue weighted by Crippen LogP contribution is -2.29. The van der Waals surface area contributed by atoms with E-state index < -0.39 is 12.4 Å². The number of nitrogens with zero attached hydrogens (tertiary/aromatic N) is 2. The largest absolute Gasteiger partial charge is 0.507 e. The first-order valence-electron chi connectivity index (χ1n) is 6.56. The number of carbonyl (C=O) groups is 1. The molecule has 1 unspecified atom stereocenters. The van der Waals surface area contributed by atoms with Gasteiger partial charge in [0.25, 0.3) is 0 Å². The summed E-state index contributed by atoms with van der Waals surface area (Å²) < 4.78 is 15.2. The predicted octanol–water partition coefficient (Wildman–Crippen LogP) is 2.15. The predicted molar refractivity (Wildman–Crippen MR) is 76.0 cm³/mol. The van der Waals surface area contributed by atoms with Crippen molar-refractivity contribution in [3.8, 4) is 11.5 Å². The monoisotopic (exact) mass is 294 g/mol. The first kappa shape index (κ1) is 15.0. The summed E-state index contributed by atoms with van der Waals surface area (Å²) in [5.41, 5.74) is 0.827. The Morgan fingerprint density at radius 3 is 2.81 bits per heavy atom. The van der Waals surface area contributed by atoms with Crippen molar-refractivity contribution in [2.45, 2.75) is 19.1 Å². The van der Waals surface area contributed by atoms with Crippen LogP contribution in [-0.2, 0) is 4.74 Å². The molecule has 0 bridgehead atoms. The summed E-state index contributed by atoms with van der Waals surface area (Å²) in [4.78, 5) is 10.6. The minimum atomic E-state index is -1.28. The molecule has 1 aromatic carbocycles. The second kappa shape index (κ2) is 6.83. The van der Waals surface area contributed by atoms with Gasteiger partial charge >= 0.3 is 6.16 Å². The van der Waals surface area contributed by atoms with Gasteiger partial charge in [-0.05, 0) is 30.2 Å². The van der Waals surface area contributed by atoms with Gasteiger partial charge in [0.05, 0.1) is 20.4 Å². The Morgan fingerprint density at radius 1 is 1.38 bits per heavy atom. The van der Waals surface area contributed by atoms with E-state index in [1.807, 2.05) is 6.07 Å². The lowest BCUT2D eigenvalue weighted by molar-refractivity contribution is -0.0123. The Balaban J connectivity index is 2.08. The van der Waals surface area contributed by atoms with E-state index >= 15 is 0 Å². The first-order chi connectivity index (χ1) is 10.1. The van der Waals surface area contributed by atoms with Gasteiger partial charge < -0.3 is 19.3 Å². The maximum absolute atomic E-state index is 10.6. The van der Waals surface area contributed by atoms with Crippen LogP contribution >= 0.6 is 0 Å². The lowest BCUT2D eigenvalue weighted by Gasteiger charge is -2.19. The van der Waals surface area contributed by atoms with E-state index in [0.717, 1.165) is 12.0 Å². The number of hydrogen-bond acceptors (Lipinski definition) is 6. The van der Waals surface area contributed by atoms with Gasteiger partial charge in [0.1, 0.15) is 0 Å². The van der Waals surface area contributed by atoms with Gasteiger partial charge in [0, 0.05) is 13.0 Å². The summed E-state index contributed by atoms with van der Waals surface area (Å²) in [5.74, 6) is 1.25. The Bertz CT molecular complexity index is 532. The zero-order chi connectivity index (χ0) is 15.2. The maximum Gasteiger partial charge on any atom is 0.507 e. The molecule has 114 valence electrons. The number of methoxy groups -OCH3 is 2. The summed E-state index contributed by atoms with van der Waals surface area (Å²) in [6.45, 7) is 0.668. The third kappa shape index (κ3) is 3.77. The topological polar surface area (TPSA) is 80.6 Å². The van der Waals surface area contributed by atoms with Crippen LogP contribution in [0.4, 0.5) is 4.79 Å². The second-order valence-electron chi connectivity index (χ2n) is 4.50. The van der Waals surface area contributed by atoms with E-state index in [4.69, 9.17) is 19.3 Å². The van der Waals surface area contributed by atoms with E-state index in [9.17, 15) is 4.79 Å². The highest BCUT2D eigenvalue weighted by atomic mass is 16.7. The quantitative estimate of drug-likeness (QED) is 0.662. The maximum atomic E-state index is 10.6. The SMILES string of the molecule is COc1ccc(C=NN2CCCC2OC(=O)O)cc1OC. The van der Waals surface area contributed by atoms with Crippen molar-refractivity contribution >= 4 is 12.4 Å². The average Bonchev–Trinajstić information content (AvgIpc) is 2.91. The third-order valence-electron chi connectivity index (χ3n) is 3.17. The summed E-state index contributed by atoms with van der Waals surface area (Å²) in [7, 11) is 3.14. The molecule has 0 aromatic heterocycles. The van der Waals surface area contributed by atoms with Crippen molar-refractivity contribution in [3.63, 3.8) is 0 Å². The number of hydrogen-bond donors (Lipinski definition) is 1. The van der Waals surface area contributed by atoms with E-state index in [1.165, 1.54) is 0 Å². The average molecular weight is 294 g/mol. The van der Waals surface area contributed by atoms with Crippen molar-refractivity contribution in [2.24, 2.45) is 5.10 Å². The molecule has 21 heavy (non-hydrogen) atoms. The minimum absolute atomic E-state index is 0.515. The van der Waals surface area contributed by atoms with Gasteiger partial charge in [-0.2, -0.15) is 5.10 Å². The van der Waals surface area contributed by atoms with Crippen molar-refractivity contribution in [1.29, 1.82) is 0 Å². The fourth-order valence-corrected chi connectivity index (χ4v) is 2.16. The molecule has 0 spiro atoms. The van der Waals surface area contributed by atoms with Crippen LogP contribution in [0.25, 0.3) is 0 Å². The molecular formula is C14H18N2O5. The molecule has 0 aliphatic carbocycles. The minimum Gasteiger partial charge on any atom is -0.493 e. The van der Waals surface area contributed by atoms with Crippen molar-refractivity contribution < 1.29 is 24.1 Å². The van der Waals surface area contributed by atoms with Gasteiger partial charge in [-0.25, -0.2) is 4.79 Å². The van der Waals surface area contributed by atoms with E-state index in [0.29, 0.717) is 24.5 Å². The van der Waals surface area contributed by atoms with E-state index in [-0.39, 0.29) is 0 Å². The Labute approximate surface area is 122 Å². The Kier molecular flexibility index (Phi) is 4.86. The number of hydrazone groups is 1. The van der Waals surface area contributed by atoms with Gasteiger partial charge in [0.15, 0.2) is 17.7 Å². The molecule has 2 rings (SSSR count). The first-order valence-corrected chi connectivity index (χ1v) is 6.56. The number of carboxylic acid groups (broad SMARTS) is 1. The van der Waals surface area contributed by atoms with E-state index in [2.05, 4.69) is 5.10 Å². The van der Waals surface area contributed by atoms with Crippen molar-refractivity contribution in [3.05, 3.63) is 23.8 Å². The lowest BCUT2D eigenvalue weighted by atomic mass is 10.2. The zero-order valence-electron chi connectivity index (χ0n) is 12.0. The molecule has 7 nitrogen and oxygen atoms in total. The summed E-state index contributed by atoms with van der Waals surface area (Å²) in [6, 6.07) is 5.43. The molecule has 1 aliphatic rings. The molecule has 0 radical (unpaired) electrons. The number of ether oxygens (including phenoxy) is 3. The van der Waals surface area contributed by atoms with Crippen molar-refractivity contribution in [2.75, 3.05) is 20.8 Å². The number of benzene rings is 1. The molecule has 1 atom stereocenters. The molecular weight excluding hydrogens is 276 g/mol. The molecule has 1 aromatic rings. The Morgan fingerprint density at radius 2 is 2.14 bits per heavy atom. The summed E-state index contributed by atoms with van der Waals surface area (Å²) in [5, 5.41) is 14.6. The van der Waals surface area contributed by atoms with Crippen LogP contribution in [0.15, 0.2) is 23.3 Å². The fraction of sp³-hybridized carbons (Fsp3) is 0.429. The van der Waals surface area contributed by atoms with E-state index in [1.54, 1.807) is 37.6 Å². The van der Waals surface area contributed by atoms with Crippen LogP contribution in [0.3, 0.4) is 0 Å². The molecule has 1 heterocycles. The van der Waals surface area contributed by atoms with Gasteiger partial charge in [-0.15, -0.1) is 0 Å². The Hall–Kier alpha value is -2.44. The van der Waals surface area contributed by atoms with Crippen molar-refractivity contribution in [1.82, 2.24) is 5.01 Å². The highest BCUT2D eigenvalue weighted by Gasteiger charge is 2.26. The molecule has 1 fully saturated rings. The van der Waals surface area contributed by atoms with Crippen LogP contribution < -0.4 is 9.47 Å². The highest BCUT2D eigenvalue weighted by Crippen LogP contribution is 2.27. The molecule has 0 saturated carbocycles. The van der Waals surface area contributed by atoms with Gasteiger partial charge in [-0.3, -0.25) is 5.01 Å². The van der Waals surface area contributed by atoms with Crippen LogP contribution in [0.5, 0.6) is 11.5 Å². The standard InChI is InChI=1S/C14H18N2O5/c1-19-11-6-5-10(8-12(11)20-2)9-15-16-7-3-4-13(16)21-14(17)18/h5-6,8-9,13H,3-4,7H2,1-2H3,(H,17,18). The highest BCUT2D eigenvalue weighted by molar-refractivity contribution is 5.80. The summed E-state index contributed by atoms with van der Waals surface area (Å²) in [6.07, 6.45) is 1.34. The molecule has 1 aliphatic heterocycles. The summed E-state index contributed by atoms with van der Waals surface area (Å²) >= 11 is 0. The second-order valence-corrected chi connectivity index (χ2v) is 4.50. The van der Waals surface area contributed by atoms with Gasteiger partial charge in [0.2, 0.25) is 0 Å². The molecule has 1 saturated heterocycles. The van der Waals surface area contributed by atoms with Crippen LogP contribution in [0.2, 0.25) is 0 Å². The zero-order valence-corrected chi connectivity index (χ0v) is 12.0. The smallest absolute Gasteiger partial charge is 0.493 e. The number of rotatable bonds is 5. The third-order valence-corrected chi connectivity index (χ3v) is 3.17.